The van der Waals surface area contributed by atoms with Crippen LogP contribution in [0.25, 0.3) is 0 Å². The third-order valence-corrected chi connectivity index (χ3v) is 6.54. The first-order valence-corrected chi connectivity index (χ1v) is 10.7. The first-order valence-electron chi connectivity index (χ1n) is 10.7. The van der Waals surface area contributed by atoms with E-state index in [0.29, 0.717) is 32.2 Å². The lowest BCUT2D eigenvalue weighted by molar-refractivity contribution is -0.161. The van der Waals surface area contributed by atoms with Crippen LogP contribution in [-0.4, -0.2) is 110 Å². The molecule has 3 saturated heterocycles. The minimum Gasteiger partial charge on any atom is -0.389 e. The van der Waals surface area contributed by atoms with Gasteiger partial charge in [-0.05, 0) is 38.6 Å². The first-order chi connectivity index (χ1) is 13.1. The Balaban J connectivity index is 1.32. The highest BCUT2D eigenvalue weighted by Crippen LogP contribution is 2.34. The molecule has 7 nitrogen and oxygen atoms in total. The van der Waals surface area contributed by atoms with Gasteiger partial charge in [0.05, 0.1) is 37.9 Å². The van der Waals surface area contributed by atoms with Gasteiger partial charge in [-0.3, -0.25) is 9.69 Å². The Bertz CT molecular complexity index is 507. The van der Waals surface area contributed by atoms with Crippen molar-refractivity contribution >= 4 is 5.91 Å². The number of hydrogen-bond donors (Lipinski definition) is 1. The van der Waals surface area contributed by atoms with E-state index in [0.717, 1.165) is 51.5 Å². The highest BCUT2D eigenvalue weighted by atomic mass is 16.5. The molecule has 0 aromatic rings. The Hall–Kier alpha value is -0.730. The van der Waals surface area contributed by atoms with Gasteiger partial charge in [-0.2, -0.15) is 0 Å². The van der Waals surface area contributed by atoms with Crippen LogP contribution in [0, 0.1) is 5.92 Å². The van der Waals surface area contributed by atoms with E-state index < -0.39 is 6.10 Å². The number of likely N-dealkylation sites (N-methyl/N-ethyl adjacent to an activating group) is 1. The largest absolute Gasteiger partial charge is 0.389 e. The number of ether oxygens (including phenoxy) is 2. The summed E-state index contributed by atoms with van der Waals surface area (Å²) in [5, 5.41) is 10.2. The second kappa shape index (κ2) is 8.74. The predicted molar refractivity (Wildman–Crippen MR) is 101 cm³/mol. The van der Waals surface area contributed by atoms with Crippen molar-refractivity contribution in [3.05, 3.63) is 0 Å². The normalized spacial score (nSPS) is 36.7. The summed E-state index contributed by atoms with van der Waals surface area (Å²) in [6, 6.07) is 0.301. The molecule has 1 aliphatic carbocycles. The second-order valence-corrected chi connectivity index (χ2v) is 8.92. The zero-order valence-electron chi connectivity index (χ0n) is 16.6. The Morgan fingerprint density at radius 1 is 1.07 bits per heavy atom. The van der Waals surface area contributed by atoms with Crippen molar-refractivity contribution in [2.24, 2.45) is 5.92 Å². The van der Waals surface area contributed by atoms with Gasteiger partial charge >= 0.3 is 0 Å². The number of hydrogen-bond acceptors (Lipinski definition) is 6. The molecule has 1 N–H and O–H groups in total. The molecule has 3 aliphatic heterocycles. The molecule has 1 amide bonds. The van der Waals surface area contributed by atoms with Crippen molar-refractivity contribution in [3.8, 4) is 0 Å². The zero-order chi connectivity index (χ0) is 18.8. The SMILES string of the molecule is CN1CCN(C(=O)C[C@@H]2CC[C@@H]3[C@H](COC[C@@H](O)CN3CC3CC3)O2)CC1. The van der Waals surface area contributed by atoms with Gasteiger partial charge in [0.15, 0.2) is 0 Å². The molecule has 0 aromatic heterocycles. The van der Waals surface area contributed by atoms with E-state index in [-0.39, 0.29) is 18.1 Å². The summed E-state index contributed by atoms with van der Waals surface area (Å²) in [5.41, 5.74) is 0. The number of piperazine rings is 1. The maximum atomic E-state index is 12.7. The number of fused-ring (bicyclic) bond motifs is 1. The summed E-state index contributed by atoms with van der Waals surface area (Å²) in [4.78, 5) is 19.4. The molecule has 4 fully saturated rings. The lowest BCUT2D eigenvalue weighted by atomic mass is 9.94. The topological polar surface area (TPSA) is 65.5 Å². The fourth-order valence-electron chi connectivity index (χ4n) is 4.67. The lowest BCUT2D eigenvalue weighted by Crippen LogP contribution is -2.56. The summed E-state index contributed by atoms with van der Waals surface area (Å²) in [7, 11) is 2.10. The van der Waals surface area contributed by atoms with E-state index in [1.165, 1.54) is 12.8 Å². The number of β-amino-alcohol motifs (C(OH)–C–C–N with tert-alkyl or cyclic N) is 1. The number of amides is 1. The predicted octanol–water partition coefficient (Wildman–Crippen LogP) is 0.170. The van der Waals surface area contributed by atoms with Crippen LogP contribution in [-0.2, 0) is 14.3 Å². The van der Waals surface area contributed by atoms with Crippen LogP contribution in [0.4, 0.5) is 0 Å². The highest BCUT2D eigenvalue weighted by Gasteiger charge is 2.40. The van der Waals surface area contributed by atoms with Crippen LogP contribution in [0.2, 0.25) is 0 Å². The highest BCUT2D eigenvalue weighted by molar-refractivity contribution is 5.76. The van der Waals surface area contributed by atoms with E-state index in [1.807, 2.05) is 4.90 Å². The van der Waals surface area contributed by atoms with Gasteiger partial charge < -0.3 is 24.4 Å². The van der Waals surface area contributed by atoms with Crippen molar-refractivity contribution in [3.63, 3.8) is 0 Å². The molecule has 3 heterocycles. The molecule has 0 aromatic carbocycles. The summed E-state index contributed by atoms with van der Waals surface area (Å²) < 4.78 is 12.1. The van der Waals surface area contributed by atoms with Gasteiger partial charge in [-0.25, -0.2) is 0 Å². The number of rotatable bonds is 4. The average molecular weight is 382 g/mol. The van der Waals surface area contributed by atoms with Crippen LogP contribution in [0.5, 0.6) is 0 Å². The molecule has 154 valence electrons. The molecular weight excluding hydrogens is 346 g/mol. The number of carbonyl (C=O) groups is 1. The molecule has 0 radical (unpaired) electrons. The summed E-state index contributed by atoms with van der Waals surface area (Å²) in [5.74, 6) is 1.01. The molecule has 0 unspecified atom stereocenters. The average Bonchev–Trinajstić information content (AvgIpc) is 3.45. The van der Waals surface area contributed by atoms with Crippen LogP contribution in [0.15, 0.2) is 0 Å². The summed E-state index contributed by atoms with van der Waals surface area (Å²) in [6.45, 7) is 6.18. The standard InChI is InChI=1S/C20H35N3O4/c1-21-6-8-22(9-7-21)20(25)10-17-4-5-18-19(27-17)14-26-13-16(24)12-23(18)11-15-2-3-15/h15-19,24H,2-14H2,1H3/t16-,17-,18+,19-/m0/s1. The third kappa shape index (κ3) is 5.21. The van der Waals surface area contributed by atoms with E-state index in [2.05, 4.69) is 16.8 Å². The molecule has 0 spiro atoms. The maximum Gasteiger partial charge on any atom is 0.225 e. The fourth-order valence-corrected chi connectivity index (χ4v) is 4.67. The van der Waals surface area contributed by atoms with Crippen molar-refractivity contribution in [1.82, 2.24) is 14.7 Å². The smallest absolute Gasteiger partial charge is 0.225 e. The number of nitrogens with zero attached hydrogens (tertiary/aromatic N) is 3. The molecule has 7 heteroatoms. The van der Waals surface area contributed by atoms with Crippen LogP contribution in [0.3, 0.4) is 0 Å². The molecule has 1 saturated carbocycles. The van der Waals surface area contributed by atoms with Crippen molar-refractivity contribution < 1.29 is 19.4 Å². The third-order valence-electron chi connectivity index (χ3n) is 6.54. The van der Waals surface area contributed by atoms with Gasteiger partial charge in [0.25, 0.3) is 0 Å². The monoisotopic (exact) mass is 381 g/mol. The lowest BCUT2D eigenvalue weighted by Gasteiger charge is -2.45. The van der Waals surface area contributed by atoms with Gasteiger partial charge in [-0.15, -0.1) is 0 Å². The fraction of sp³-hybridized carbons (Fsp3) is 0.950. The Kier molecular flexibility index (Phi) is 6.34. The molecule has 4 rings (SSSR count). The number of carbonyl (C=O) groups excluding carboxylic acids is 1. The first kappa shape index (κ1) is 19.6. The quantitative estimate of drug-likeness (QED) is 0.749. The Morgan fingerprint density at radius 2 is 1.85 bits per heavy atom. The van der Waals surface area contributed by atoms with Crippen molar-refractivity contribution in [1.29, 1.82) is 0 Å². The Morgan fingerprint density at radius 3 is 2.59 bits per heavy atom. The van der Waals surface area contributed by atoms with Gasteiger partial charge in [0.2, 0.25) is 5.91 Å². The van der Waals surface area contributed by atoms with Crippen LogP contribution in [0.1, 0.15) is 32.1 Å². The van der Waals surface area contributed by atoms with E-state index in [9.17, 15) is 9.90 Å². The molecule has 27 heavy (non-hydrogen) atoms. The number of aliphatic hydroxyl groups is 1. The summed E-state index contributed by atoms with van der Waals surface area (Å²) in [6.07, 6.45) is 4.63. The van der Waals surface area contributed by atoms with Gasteiger partial charge in [0.1, 0.15) is 0 Å². The van der Waals surface area contributed by atoms with E-state index in [4.69, 9.17) is 9.47 Å². The Labute approximate surface area is 162 Å². The van der Waals surface area contributed by atoms with Crippen LogP contribution >= 0.6 is 0 Å². The van der Waals surface area contributed by atoms with E-state index in [1.54, 1.807) is 0 Å². The van der Waals surface area contributed by atoms with E-state index >= 15 is 0 Å². The molecule has 4 aliphatic rings. The molecule has 0 bridgehead atoms. The molecular formula is C20H35N3O4. The maximum absolute atomic E-state index is 12.7. The molecule has 4 atom stereocenters. The second-order valence-electron chi connectivity index (χ2n) is 8.92. The number of aliphatic hydroxyl groups excluding tert-OH is 1. The van der Waals surface area contributed by atoms with Crippen molar-refractivity contribution in [2.75, 3.05) is 59.5 Å². The minimum absolute atomic E-state index is 0.00543. The minimum atomic E-state index is -0.416. The van der Waals surface area contributed by atoms with Crippen molar-refractivity contribution in [2.45, 2.75) is 56.5 Å². The van der Waals surface area contributed by atoms with Crippen LogP contribution < -0.4 is 0 Å². The van der Waals surface area contributed by atoms with Gasteiger partial charge in [-0.1, -0.05) is 0 Å². The summed E-state index contributed by atoms with van der Waals surface area (Å²) >= 11 is 0. The van der Waals surface area contributed by atoms with Gasteiger partial charge in [0, 0.05) is 45.3 Å². The zero-order valence-corrected chi connectivity index (χ0v) is 16.6.